The van der Waals surface area contributed by atoms with Crippen LogP contribution < -0.4 is 5.32 Å². The van der Waals surface area contributed by atoms with Crippen molar-refractivity contribution in [2.75, 3.05) is 0 Å². The second kappa shape index (κ2) is 6.13. The summed E-state index contributed by atoms with van der Waals surface area (Å²) >= 11 is 0. The summed E-state index contributed by atoms with van der Waals surface area (Å²) in [4.78, 5) is 32.4. The number of aryl methyl sites for hydroxylation is 2. The van der Waals surface area contributed by atoms with Crippen LogP contribution in [0.15, 0.2) is 0 Å². The lowest BCUT2D eigenvalue weighted by atomic mass is 10.3. The highest BCUT2D eigenvalue weighted by Gasteiger charge is 2.22. The number of carboxylic acid groups (broad SMARTS) is 1. The zero-order chi connectivity index (χ0) is 15.4. The van der Waals surface area contributed by atoms with E-state index >= 15 is 0 Å². The topological polar surface area (TPSA) is 127 Å². The van der Waals surface area contributed by atoms with E-state index in [2.05, 4.69) is 10.4 Å². The minimum absolute atomic E-state index is 0.00324. The predicted octanol–water partition coefficient (Wildman–Crippen LogP) is 0.388. The van der Waals surface area contributed by atoms with Crippen molar-refractivity contribution in [2.45, 2.75) is 39.8 Å². The molecule has 0 aromatic carbocycles. The van der Waals surface area contributed by atoms with Crippen LogP contribution in [0.3, 0.4) is 0 Å². The summed E-state index contributed by atoms with van der Waals surface area (Å²) in [7, 11) is 0. The maximum atomic E-state index is 11.5. The standard InChI is InChI=1S/C11H16N4O5/c1-6-10(15(19)20)8(3)14(13-6)5-4-9(16)12-7(2)11(17)18/h7H,4-5H2,1-3H3,(H,12,16)(H,17,18). The van der Waals surface area contributed by atoms with Gasteiger partial charge in [0.15, 0.2) is 0 Å². The van der Waals surface area contributed by atoms with Gasteiger partial charge in [-0.15, -0.1) is 0 Å². The first kappa shape index (κ1) is 15.6. The Balaban J connectivity index is 2.67. The number of nitrogens with one attached hydrogen (secondary N) is 1. The molecule has 0 aliphatic heterocycles. The number of rotatable bonds is 6. The number of hydrogen-bond donors (Lipinski definition) is 2. The monoisotopic (exact) mass is 284 g/mol. The summed E-state index contributed by atoms with van der Waals surface area (Å²) in [5.41, 5.74) is 0.586. The quantitative estimate of drug-likeness (QED) is 0.574. The van der Waals surface area contributed by atoms with Crippen molar-refractivity contribution < 1.29 is 19.6 Å². The number of nitrogens with zero attached hydrogens (tertiary/aromatic N) is 3. The highest BCUT2D eigenvalue weighted by atomic mass is 16.6. The number of carbonyl (C=O) groups is 2. The number of carboxylic acids is 1. The minimum atomic E-state index is -1.12. The molecule has 0 saturated carbocycles. The highest BCUT2D eigenvalue weighted by Crippen LogP contribution is 2.21. The third-order valence-corrected chi connectivity index (χ3v) is 2.82. The van der Waals surface area contributed by atoms with Gasteiger partial charge in [-0.1, -0.05) is 0 Å². The summed E-state index contributed by atoms with van der Waals surface area (Å²) in [6.45, 7) is 4.58. The van der Waals surface area contributed by atoms with E-state index in [-0.39, 0.29) is 24.3 Å². The van der Waals surface area contributed by atoms with Crippen LogP contribution in [0.5, 0.6) is 0 Å². The van der Waals surface area contributed by atoms with Crippen LogP contribution in [0.1, 0.15) is 24.7 Å². The fourth-order valence-electron chi connectivity index (χ4n) is 1.75. The Kier molecular flexibility index (Phi) is 4.78. The van der Waals surface area contributed by atoms with Gasteiger partial charge in [0.25, 0.3) is 0 Å². The first-order valence-corrected chi connectivity index (χ1v) is 5.94. The van der Waals surface area contributed by atoms with Crippen LogP contribution >= 0.6 is 0 Å². The molecule has 0 aliphatic carbocycles. The third-order valence-electron chi connectivity index (χ3n) is 2.82. The molecule has 0 aliphatic rings. The van der Waals surface area contributed by atoms with Gasteiger partial charge in [0.1, 0.15) is 17.4 Å². The Morgan fingerprint density at radius 1 is 1.50 bits per heavy atom. The molecule has 1 aromatic heterocycles. The molecule has 0 radical (unpaired) electrons. The van der Waals surface area contributed by atoms with Crippen LogP contribution in [-0.2, 0) is 16.1 Å². The van der Waals surface area contributed by atoms with Crippen molar-refractivity contribution in [2.24, 2.45) is 0 Å². The van der Waals surface area contributed by atoms with Crippen molar-refractivity contribution in [3.05, 3.63) is 21.5 Å². The normalized spacial score (nSPS) is 11.9. The summed E-state index contributed by atoms with van der Waals surface area (Å²) < 4.78 is 1.37. The molecule has 1 unspecified atom stereocenters. The maximum Gasteiger partial charge on any atom is 0.325 e. The lowest BCUT2D eigenvalue weighted by Gasteiger charge is -2.09. The molecule has 1 heterocycles. The van der Waals surface area contributed by atoms with Crippen LogP contribution in [0.25, 0.3) is 0 Å². The van der Waals surface area contributed by atoms with Gasteiger partial charge in [0.2, 0.25) is 5.91 Å². The van der Waals surface area contributed by atoms with Gasteiger partial charge in [0, 0.05) is 6.42 Å². The maximum absolute atomic E-state index is 11.5. The lowest BCUT2D eigenvalue weighted by Crippen LogP contribution is -2.38. The fraction of sp³-hybridized carbons (Fsp3) is 0.545. The molecule has 9 heteroatoms. The zero-order valence-corrected chi connectivity index (χ0v) is 11.4. The Morgan fingerprint density at radius 2 is 2.10 bits per heavy atom. The van der Waals surface area contributed by atoms with E-state index in [9.17, 15) is 19.7 Å². The number of carbonyl (C=O) groups excluding carboxylic acids is 1. The molecule has 1 amide bonds. The first-order valence-electron chi connectivity index (χ1n) is 5.94. The number of amides is 1. The van der Waals surface area contributed by atoms with Gasteiger partial charge in [-0.25, -0.2) is 0 Å². The molecule has 110 valence electrons. The minimum Gasteiger partial charge on any atom is -0.480 e. The van der Waals surface area contributed by atoms with Crippen LogP contribution in [0, 0.1) is 24.0 Å². The Hall–Kier alpha value is -2.45. The van der Waals surface area contributed by atoms with Gasteiger partial charge in [-0.05, 0) is 20.8 Å². The molecule has 1 atom stereocenters. The summed E-state index contributed by atoms with van der Waals surface area (Å²) in [5, 5.41) is 25.8. The second-order valence-electron chi connectivity index (χ2n) is 4.38. The van der Waals surface area contributed by atoms with Crippen LogP contribution in [-0.4, -0.2) is 37.7 Å². The molecule has 0 bridgehead atoms. The van der Waals surface area contributed by atoms with E-state index in [4.69, 9.17) is 5.11 Å². The first-order chi connectivity index (χ1) is 9.23. The van der Waals surface area contributed by atoms with Gasteiger partial charge in [-0.2, -0.15) is 5.10 Å². The van der Waals surface area contributed by atoms with Crippen molar-refractivity contribution in [1.82, 2.24) is 15.1 Å². The molecule has 0 saturated heterocycles. The molecule has 9 nitrogen and oxygen atoms in total. The largest absolute Gasteiger partial charge is 0.480 e. The Morgan fingerprint density at radius 3 is 2.55 bits per heavy atom. The smallest absolute Gasteiger partial charge is 0.325 e. The lowest BCUT2D eigenvalue weighted by molar-refractivity contribution is -0.386. The third kappa shape index (κ3) is 3.53. The summed E-state index contributed by atoms with van der Waals surface area (Å²) in [6, 6.07) is -0.975. The molecule has 0 fully saturated rings. The number of aliphatic carboxylic acids is 1. The van der Waals surface area contributed by atoms with E-state index in [1.54, 1.807) is 6.92 Å². The summed E-state index contributed by atoms with van der Waals surface area (Å²) in [5.74, 6) is -1.57. The van der Waals surface area contributed by atoms with Gasteiger partial charge >= 0.3 is 11.7 Å². The average molecular weight is 284 g/mol. The summed E-state index contributed by atoms with van der Waals surface area (Å²) in [6.07, 6.45) is -0.00324. The SMILES string of the molecule is Cc1nn(CCC(=O)NC(C)C(=O)O)c(C)c1[N+](=O)[O-]. The Bertz CT molecular complexity index is 551. The number of nitro groups is 1. The average Bonchev–Trinajstić information content (AvgIpc) is 2.61. The van der Waals surface area contributed by atoms with E-state index < -0.39 is 22.8 Å². The van der Waals surface area contributed by atoms with Gasteiger partial charge in [0.05, 0.1) is 11.5 Å². The highest BCUT2D eigenvalue weighted by molar-refractivity contribution is 5.83. The molecule has 2 N–H and O–H groups in total. The number of hydrogen-bond acceptors (Lipinski definition) is 5. The fourth-order valence-corrected chi connectivity index (χ4v) is 1.75. The van der Waals surface area contributed by atoms with Crippen molar-refractivity contribution >= 4 is 17.6 Å². The molecule has 1 rings (SSSR count). The molecular weight excluding hydrogens is 268 g/mol. The van der Waals surface area contributed by atoms with E-state index in [0.29, 0.717) is 5.69 Å². The van der Waals surface area contributed by atoms with Crippen molar-refractivity contribution in [3.63, 3.8) is 0 Å². The van der Waals surface area contributed by atoms with E-state index in [0.717, 1.165) is 0 Å². The van der Waals surface area contributed by atoms with Crippen molar-refractivity contribution in [3.8, 4) is 0 Å². The molecule has 20 heavy (non-hydrogen) atoms. The Labute approximate surface area is 114 Å². The van der Waals surface area contributed by atoms with E-state index in [1.807, 2.05) is 0 Å². The predicted molar refractivity (Wildman–Crippen MR) is 68.2 cm³/mol. The molecule has 0 spiro atoms. The second-order valence-corrected chi connectivity index (χ2v) is 4.38. The van der Waals surface area contributed by atoms with E-state index in [1.165, 1.54) is 18.5 Å². The van der Waals surface area contributed by atoms with Gasteiger partial charge in [-0.3, -0.25) is 24.4 Å². The van der Waals surface area contributed by atoms with Crippen LogP contribution in [0.2, 0.25) is 0 Å². The molecular formula is C11H16N4O5. The number of aromatic nitrogens is 2. The van der Waals surface area contributed by atoms with Crippen LogP contribution in [0.4, 0.5) is 5.69 Å². The molecule has 1 aromatic rings. The van der Waals surface area contributed by atoms with Crippen molar-refractivity contribution in [1.29, 1.82) is 0 Å². The zero-order valence-electron chi connectivity index (χ0n) is 11.4. The van der Waals surface area contributed by atoms with Gasteiger partial charge < -0.3 is 10.4 Å².